The van der Waals surface area contributed by atoms with Crippen LogP contribution in [0.25, 0.3) is 0 Å². The Bertz CT molecular complexity index is 802. The summed E-state index contributed by atoms with van der Waals surface area (Å²) in [6.45, 7) is 5.87. The first-order chi connectivity index (χ1) is 11.3. The van der Waals surface area contributed by atoms with Gasteiger partial charge in [-0.1, -0.05) is 24.3 Å². The van der Waals surface area contributed by atoms with Crippen LogP contribution in [0.4, 0.5) is 5.69 Å². The Hall–Kier alpha value is -2.18. The Kier molecular flexibility index (Phi) is 5.75. The van der Waals surface area contributed by atoms with Crippen LogP contribution in [-0.2, 0) is 10.0 Å². The molecule has 0 aliphatic carbocycles. The van der Waals surface area contributed by atoms with Gasteiger partial charge in [-0.3, -0.25) is 4.79 Å². The van der Waals surface area contributed by atoms with E-state index < -0.39 is 10.0 Å². The van der Waals surface area contributed by atoms with Crippen molar-refractivity contribution in [3.63, 3.8) is 0 Å². The smallest absolute Gasteiger partial charge is 0.258 e. The highest BCUT2D eigenvalue weighted by Gasteiger charge is 2.20. The summed E-state index contributed by atoms with van der Waals surface area (Å²) in [6.07, 6.45) is 0. The highest BCUT2D eigenvalue weighted by Crippen LogP contribution is 2.19. The van der Waals surface area contributed by atoms with Crippen molar-refractivity contribution >= 4 is 21.6 Å². The van der Waals surface area contributed by atoms with Gasteiger partial charge in [0.2, 0.25) is 10.0 Å². The second-order valence-electron chi connectivity index (χ2n) is 5.69. The Balaban J connectivity index is 2.35. The Morgan fingerprint density at radius 1 is 1.08 bits per heavy atom. The summed E-state index contributed by atoms with van der Waals surface area (Å²) in [5, 5.41) is 0. The van der Waals surface area contributed by atoms with E-state index >= 15 is 0 Å². The number of hydrogen-bond donors (Lipinski definition) is 1. The molecule has 0 aliphatic rings. The molecule has 0 atom stereocenters. The lowest BCUT2D eigenvalue weighted by Crippen LogP contribution is -2.32. The Labute approximate surface area is 143 Å². The first-order valence-corrected chi connectivity index (χ1v) is 9.32. The topological polar surface area (TPSA) is 66.5 Å². The van der Waals surface area contributed by atoms with Gasteiger partial charge in [0, 0.05) is 23.8 Å². The molecule has 2 rings (SSSR count). The number of anilines is 1. The van der Waals surface area contributed by atoms with E-state index in [1.54, 1.807) is 30.9 Å². The number of benzene rings is 2. The quantitative estimate of drug-likeness (QED) is 0.874. The van der Waals surface area contributed by atoms with Gasteiger partial charge in [0.05, 0.1) is 4.90 Å². The van der Waals surface area contributed by atoms with E-state index in [1.165, 1.54) is 12.1 Å². The van der Waals surface area contributed by atoms with Crippen molar-refractivity contribution in [2.24, 2.45) is 0 Å². The highest BCUT2D eigenvalue weighted by molar-refractivity contribution is 7.89. The maximum absolute atomic E-state index is 12.8. The zero-order valence-electron chi connectivity index (χ0n) is 14.1. The van der Waals surface area contributed by atoms with E-state index in [0.29, 0.717) is 12.1 Å². The van der Waals surface area contributed by atoms with Gasteiger partial charge in [-0.2, -0.15) is 0 Å². The largest absolute Gasteiger partial charge is 0.309 e. The molecule has 0 unspecified atom stereocenters. The predicted molar refractivity (Wildman–Crippen MR) is 95.7 cm³/mol. The molecular weight excluding hydrogens is 324 g/mol. The summed E-state index contributed by atoms with van der Waals surface area (Å²) in [6, 6.07) is 15.2. The molecule has 0 radical (unpaired) electrons. The lowest BCUT2D eigenvalue weighted by molar-refractivity contribution is 0.0988. The number of para-hydroxylation sites is 1. The molecule has 0 bridgehead atoms. The van der Waals surface area contributed by atoms with E-state index in [4.69, 9.17) is 0 Å². The van der Waals surface area contributed by atoms with Gasteiger partial charge in [0.25, 0.3) is 5.91 Å². The molecule has 0 saturated carbocycles. The van der Waals surface area contributed by atoms with Crippen molar-refractivity contribution < 1.29 is 13.2 Å². The Morgan fingerprint density at radius 2 is 1.75 bits per heavy atom. The SMILES string of the molecule is CCN(C(=O)c1cccc(S(=O)(=O)NC(C)C)c1)c1ccccc1. The number of hydrogen-bond acceptors (Lipinski definition) is 3. The molecule has 128 valence electrons. The van der Waals surface area contributed by atoms with E-state index in [9.17, 15) is 13.2 Å². The molecule has 0 heterocycles. The molecule has 1 N–H and O–H groups in total. The second-order valence-corrected chi connectivity index (χ2v) is 7.40. The van der Waals surface area contributed by atoms with Crippen molar-refractivity contribution in [3.8, 4) is 0 Å². The monoisotopic (exact) mass is 346 g/mol. The van der Waals surface area contributed by atoms with Gasteiger partial charge in [0.15, 0.2) is 0 Å². The molecule has 0 spiro atoms. The van der Waals surface area contributed by atoms with Crippen LogP contribution in [0.5, 0.6) is 0 Å². The first-order valence-electron chi connectivity index (χ1n) is 7.84. The average molecular weight is 346 g/mol. The maximum atomic E-state index is 12.8. The fourth-order valence-corrected chi connectivity index (χ4v) is 3.68. The molecule has 5 nitrogen and oxygen atoms in total. The first kappa shape index (κ1) is 18.2. The molecule has 2 aromatic rings. The molecule has 0 aromatic heterocycles. The van der Waals surface area contributed by atoms with E-state index in [1.807, 2.05) is 37.3 Å². The minimum atomic E-state index is -3.63. The highest BCUT2D eigenvalue weighted by atomic mass is 32.2. The van der Waals surface area contributed by atoms with Gasteiger partial charge in [-0.25, -0.2) is 13.1 Å². The van der Waals surface area contributed by atoms with Crippen molar-refractivity contribution in [2.75, 3.05) is 11.4 Å². The fraction of sp³-hybridized carbons (Fsp3) is 0.278. The molecule has 0 saturated heterocycles. The maximum Gasteiger partial charge on any atom is 0.258 e. The van der Waals surface area contributed by atoms with Crippen molar-refractivity contribution in [2.45, 2.75) is 31.7 Å². The number of nitrogens with one attached hydrogen (secondary N) is 1. The number of rotatable bonds is 6. The summed E-state index contributed by atoms with van der Waals surface area (Å²) in [5.41, 5.74) is 1.12. The van der Waals surface area contributed by atoms with Gasteiger partial charge < -0.3 is 4.90 Å². The molecular formula is C18H22N2O3S. The van der Waals surface area contributed by atoms with Gasteiger partial charge in [-0.05, 0) is 51.1 Å². The average Bonchev–Trinajstić information content (AvgIpc) is 2.55. The van der Waals surface area contributed by atoms with Crippen LogP contribution in [0, 0.1) is 0 Å². The molecule has 0 fully saturated rings. The molecule has 0 aliphatic heterocycles. The van der Waals surface area contributed by atoms with Crippen LogP contribution in [0.3, 0.4) is 0 Å². The number of sulfonamides is 1. The zero-order valence-corrected chi connectivity index (χ0v) is 14.9. The van der Waals surface area contributed by atoms with Crippen molar-refractivity contribution in [1.29, 1.82) is 0 Å². The second kappa shape index (κ2) is 7.59. The normalized spacial score (nSPS) is 11.5. The van der Waals surface area contributed by atoms with Crippen LogP contribution >= 0.6 is 0 Å². The minimum Gasteiger partial charge on any atom is -0.309 e. The van der Waals surface area contributed by atoms with Crippen LogP contribution in [0.2, 0.25) is 0 Å². The number of amides is 1. The van der Waals surface area contributed by atoms with E-state index in [2.05, 4.69) is 4.72 Å². The minimum absolute atomic E-state index is 0.0890. The number of nitrogens with zero attached hydrogens (tertiary/aromatic N) is 1. The predicted octanol–water partition coefficient (Wildman–Crippen LogP) is 3.04. The fourth-order valence-electron chi connectivity index (χ4n) is 2.38. The summed E-state index contributed by atoms with van der Waals surface area (Å²) >= 11 is 0. The van der Waals surface area contributed by atoms with Crippen LogP contribution in [0.15, 0.2) is 59.5 Å². The summed E-state index contributed by atoms with van der Waals surface area (Å²) in [7, 11) is -3.63. The third-order valence-electron chi connectivity index (χ3n) is 3.41. The lowest BCUT2D eigenvalue weighted by atomic mass is 10.2. The van der Waals surface area contributed by atoms with Crippen LogP contribution in [-0.4, -0.2) is 26.9 Å². The van der Waals surface area contributed by atoms with Gasteiger partial charge >= 0.3 is 0 Å². The molecule has 2 aromatic carbocycles. The summed E-state index contributed by atoms with van der Waals surface area (Å²) < 4.78 is 27.1. The van der Waals surface area contributed by atoms with Crippen LogP contribution < -0.4 is 9.62 Å². The van der Waals surface area contributed by atoms with Gasteiger partial charge in [-0.15, -0.1) is 0 Å². The molecule has 24 heavy (non-hydrogen) atoms. The van der Waals surface area contributed by atoms with Gasteiger partial charge in [0.1, 0.15) is 0 Å². The summed E-state index contributed by atoms with van der Waals surface area (Å²) in [4.78, 5) is 14.5. The van der Waals surface area contributed by atoms with E-state index in [-0.39, 0.29) is 16.8 Å². The standard InChI is InChI=1S/C18H22N2O3S/c1-4-20(16-10-6-5-7-11-16)18(21)15-9-8-12-17(13-15)24(22,23)19-14(2)3/h5-14,19H,4H2,1-3H3. The molecule has 6 heteroatoms. The van der Waals surface area contributed by atoms with Crippen molar-refractivity contribution in [3.05, 3.63) is 60.2 Å². The Morgan fingerprint density at radius 3 is 2.33 bits per heavy atom. The number of carbonyl (C=O) groups is 1. The molecule has 1 amide bonds. The third-order valence-corrected chi connectivity index (χ3v) is 5.07. The lowest BCUT2D eigenvalue weighted by Gasteiger charge is -2.21. The summed E-state index contributed by atoms with van der Waals surface area (Å²) in [5.74, 6) is -0.231. The zero-order chi connectivity index (χ0) is 17.7. The van der Waals surface area contributed by atoms with Crippen molar-refractivity contribution in [1.82, 2.24) is 4.72 Å². The van der Waals surface area contributed by atoms with E-state index in [0.717, 1.165) is 5.69 Å². The third kappa shape index (κ3) is 4.21. The van der Waals surface area contributed by atoms with Crippen LogP contribution in [0.1, 0.15) is 31.1 Å². The number of carbonyl (C=O) groups excluding carboxylic acids is 1.